The Kier molecular flexibility index (Phi) is 14.2. The molecule has 0 heterocycles. The lowest BCUT2D eigenvalue weighted by Gasteiger charge is -2.03. The molecule has 0 N–H and O–H groups in total. The molecule has 110 valence electrons. The number of ether oxygens (including phenoxy) is 1. The van der Waals surface area contributed by atoms with Crippen LogP contribution in [0.15, 0.2) is 24.3 Å². The van der Waals surface area contributed by atoms with Gasteiger partial charge in [-0.25, -0.2) is 0 Å². The molecule has 0 saturated carbocycles. The van der Waals surface area contributed by atoms with Gasteiger partial charge in [0.05, 0.1) is 6.61 Å². The molecule has 2 nitrogen and oxygen atoms in total. The van der Waals surface area contributed by atoms with Crippen LogP contribution in [-0.2, 0) is 9.53 Å². The number of esters is 1. The Morgan fingerprint density at radius 1 is 0.842 bits per heavy atom. The first-order chi connectivity index (χ1) is 9.31. The third kappa shape index (κ3) is 14.9. The van der Waals surface area contributed by atoms with Crippen LogP contribution in [0.3, 0.4) is 0 Å². The van der Waals surface area contributed by atoms with Crippen molar-refractivity contribution in [1.29, 1.82) is 0 Å². The molecule has 0 saturated heterocycles. The van der Waals surface area contributed by atoms with Crippen molar-refractivity contribution in [2.45, 2.75) is 71.6 Å². The Labute approximate surface area is 118 Å². The summed E-state index contributed by atoms with van der Waals surface area (Å²) >= 11 is 0. The quantitative estimate of drug-likeness (QED) is 0.276. The maximum absolute atomic E-state index is 11.4. The smallest absolute Gasteiger partial charge is 0.305 e. The van der Waals surface area contributed by atoms with E-state index in [1.807, 2.05) is 13.0 Å². The number of allylic oxidation sites excluding steroid dienone is 4. The summed E-state index contributed by atoms with van der Waals surface area (Å²) in [5.41, 5.74) is 0. The van der Waals surface area contributed by atoms with E-state index < -0.39 is 0 Å². The van der Waals surface area contributed by atoms with Crippen LogP contribution in [0.2, 0.25) is 0 Å². The van der Waals surface area contributed by atoms with Crippen molar-refractivity contribution in [1.82, 2.24) is 0 Å². The maximum Gasteiger partial charge on any atom is 0.305 e. The van der Waals surface area contributed by atoms with Crippen LogP contribution >= 0.6 is 0 Å². The van der Waals surface area contributed by atoms with Crippen molar-refractivity contribution in [2.24, 2.45) is 0 Å². The van der Waals surface area contributed by atoms with Crippen LogP contribution in [0.25, 0.3) is 0 Å². The van der Waals surface area contributed by atoms with Gasteiger partial charge in [0.2, 0.25) is 0 Å². The van der Waals surface area contributed by atoms with E-state index in [1.165, 1.54) is 25.7 Å². The molecule has 19 heavy (non-hydrogen) atoms. The molecular formula is C17H30O2. The second kappa shape index (κ2) is 15.0. The molecule has 0 bridgehead atoms. The molecule has 0 unspecified atom stereocenters. The zero-order chi connectivity index (χ0) is 14.2. The van der Waals surface area contributed by atoms with Gasteiger partial charge in [-0.3, -0.25) is 4.79 Å². The fraction of sp³-hybridized carbons (Fsp3) is 0.706. The van der Waals surface area contributed by atoms with Gasteiger partial charge in [0.15, 0.2) is 0 Å². The third-order valence-corrected chi connectivity index (χ3v) is 3.00. The molecule has 2 heteroatoms. The lowest BCUT2D eigenvalue weighted by molar-refractivity contribution is -0.143. The van der Waals surface area contributed by atoms with Gasteiger partial charge in [0, 0.05) is 6.42 Å². The summed E-state index contributed by atoms with van der Waals surface area (Å²) in [6.07, 6.45) is 18.0. The lowest BCUT2D eigenvalue weighted by Crippen LogP contribution is -2.05. The summed E-state index contributed by atoms with van der Waals surface area (Å²) < 4.78 is 5.17. The largest absolute Gasteiger partial charge is 0.466 e. The van der Waals surface area contributed by atoms with E-state index in [0.717, 1.165) is 25.7 Å². The Morgan fingerprint density at radius 3 is 2.11 bits per heavy atom. The van der Waals surface area contributed by atoms with Gasteiger partial charge in [-0.05, 0) is 46.0 Å². The zero-order valence-corrected chi connectivity index (χ0v) is 12.7. The Balaban J connectivity index is 3.20. The normalized spacial score (nSPS) is 11.5. The average molecular weight is 266 g/mol. The van der Waals surface area contributed by atoms with E-state index in [4.69, 9.17) is 4.74 Å². The van der Waals surface area contributed by atoms with Crippen LogP contribution in [0.4, 0.5) is 0 Å². The summed E-state index contributed by atoms with van der Waals surface area (Å²) in [5.74, 6) is -0.0330. The standard InChI is InChI=1S/C17H30O2/c1-3-5-7-9-10-11-12-13-15-17(18)19-16-14-8-6-4-2/h3-6H,7-16H2,1-2H3/b5-3+,6-4?. The monoisotopic (exact) mass is 266 g/mol. The number of rotatable bonds is 12. The number of hydrogen-bond donors (Lipinski definition) is 0. The molecule has 0 aromatic carbocycles. The molecule has 0 fully saturated rings. The molecule has 0 aromatic rings. The zero-order valence-electron chi connectivity index (χ0n) is 12.7. The fourth-order valence-corrected chi connectivity index (χ4v) is 1.85. The second-order valence-electron chi connectivity index (χ2n) is 4.81. The minimum atomic E-state index is -0.0330. The minimum absolute atomic E-state index is 0.0330. The van der Waals surface area contributed by atoms with Crippen LogP contribution in [-0.4, -0.2) is 12.6 Å². The summed E-state index contributed by atoms with van der Waals surface area (Å²) in [7, 11) is 0. The summed E-state index contributed by atoms with van der Waals surface area (Å²) in [6, 6.07) is 0. The summed E-state index contributed by atoms with van der Waals surface area (Å²) in [5, 5.41) is 0. The molecule has 0 atom stereocenters. The van der Waals surface area contributed by atoms with E-state index in [2.05, 4.69) is 25.2 Å². The molecule has 0 aliphatic carbocycles. The SMILES string of the molecule is CC=CCCCOC(=O)CCCCCCC/C=C/C. The third-order valence-electron chi connectivity index (χ3n) is 3.00. The Morgan fingerprint density at radius 2 is 1.42 bits per heavy atom. The molecule has 0 rings (SSSR count). The first-order valence-electron chi connectivity index (χ1n) is 7.69. The van der Waals surface area contributed by atoms with Crippen LogP contribution in [0.1, 0.15) is 71.6 Å². The Bertz CT molecular complexity index is 254. The average Bonchev–Trinajstić information content (AvgIpc) is 2.41. The van der Waals surface area contributed by atoms with E-state index in [9.17, 15) is 4.79 Å². The molecular weight excluding hydrogens is 236 g/mol. The highest BCUT2D eigenvalue weighted by molar-refractivity contribution is 5.69. The van der Waals surface area contributed by atoms with Gasteiger partial charge in [0.25, 0.3) is 0 Å². The van der Waals surface area contributed by atoms with Crippen molar-refractivity contribution in [3.05, 3.63) is 24.3 Å². The van der Waals surface area contributed by atoms with Crippen molar-refractivity contribution in [2.75, 3.05) is 6.61 Å². The van der Waals surface area contributed by atoms with Gasteiger partial charge in [-0.15, -0.1) is 0 Å². The van der Waals surface area contributed by atoms with Crippen molar-refractivity contribution >= 4 is 5.97 Å². The van der Waals surface area contributed by atoms with Crippen LogP contribution < -0.4 is 0 Å². The molecule has 0 aliphatic rings. The number of carbonyl (C=O) groups excluding carboxylic acids is 1. The highest BCUT2D eigenvalue weighted by Crippen LogP contribution is 2.08. The fourth-order valence-electron chi connectivity index (χ4n) is 1.85. The van der Waals surface area contributed by atoms with Gasteiger partial charge >= 0.3 is 5.97 Å². The van der Waals surface area contributed by atoms with E-state index in [-0.39, 0.29) is 5.97 Å². The number of carbonyl (C=O) groups is 1. The highest BCUT2D eigenvalue weighted by atomic mass is 16.5. The first-order valence-corrected chi connectivity index (χ1v) is 7.69. The van der Waals surface area contributed by atoms with E-state index in [1.54, 1.807) is 0 Å². The predicted molar refractivity (Wildman–Crippen MR) is 82.1 cm³/mol. The second-order valence-corrected chi connectivity index (χ2v) is 4.81. The van der Waals surface area contributed by atoms with Crippen molar-refractivity contribution < 1.29 is 9.53 Å². The van der Waals surface area contributed by atoms with Gasteiger partial charge in [0.1, 0.15) is 0 Å². The highest BCUT2D eigenvalue weighted by Gasteiger charge is 2.01. The molecule has 0 spiro atoms. The van der Waals surface area contributed by atoms with Gasteiger partial charge in [-0.2, -0.15) is 0 Å². The predicted octanol–water partition coefficient (Wildman–Crippen LogP) is 5.19. The molecule has 0 radical (unpaired) electrons. The van der Waals surface area contributed by atoms with Crippen LogP contribution in [0.5, 0.6) is 0 Å². The van der Waals surface area contributed by atoms with Crippen molar-refractivity contribution in [3.63, 3.8) is 0 Å². The van der Waals surface area contributed by atoms with E-state index >= 15 is 0 Å². The Hall–Kier alpha value is -1.05. The maximum atomic E-state index is 11.4. The van der Waals surface area contributed by atoms with Gasteiger partial charge in [-0.1, -0.05) is 43.6 Å². The number of unbranched alkanes of at least 4 members (excludes halogenated alkanes) is 6. The topological polar surface area (TPSA) is 26.3 Å². The lowest BCUT2D eigenvalue weighted by atomic mass is 10.1. The van der Waals surface area contributed by atoms with Gasteiger partial charge < -0.3 is 4.74 Å². The molecule has 0 aliphatic heterocycles. The number of hydrogen-bond acceptors (Lipinski definition) is 2. The van der Waals surface area contributed by atoms with Crippen molar-refractivity contribution in [3.8, 4) is 0 Å². The molecule has 0 amide bonds. The minimum Gasteiger partial charge on any atom is -0.466 e. The van der Waals surface area contributed by atoms with Crippen LogP contribution in [0, 0.1) is 0 Å². The van der Waals surface area contributed by atoms with E-state index in [0.29, 0.717) is 13.0 Å². The molecule has 0 aromatic heterocycles. The summed E-state index contributed by atoms with van der Waals surface area (Å²) in [6.45, 7) is 4.63. The summed E-state index contributed by atoms with van der Waals surface area (Å²) in [4.78, 5) is 11.4. The first kappa shape index (κ1) is 17.9.